The summed E-state index contributed by atoms with van der Waals surface area (Å²) in [6, 6.07) is 10.3. The fraction of sp³-hybridized carbons (Fsp3) is 0.308. The lowest BCUT2D eigenvalue weighted by atomic mass is 10.1. The molecule has 1 aromatic heterocycles. The first-order valence-electron chi connectivity index (χ1n) is 5.47. The number of aromatic nitrogens is 1. The van der Waals surface area contributed by atoms with Gasteiger partial charge in [0.2, 0.25) is 0 Å². The summed E-state index contributed by atoms with van der Waals surface area (Å²) in [5.74, 6) is 0. The van der Waals surface area contributed by atoms with Crippen LogP contribution >= 0.6 is 15.9 Å². The molecule has 0 aliphatic heterocycles. The zero-order chi connectivity index (χ0) is 12.3. The number of fused-ring (bicyclic) bond motifs is 1. The number of hydrogen-bond acceptors (Lipinski definition) is 3. The molecule has 1 heterocycles. The second-order valence-corrected chi connectivity index (χ2v) is 4.70. The zero-order valence-corrected chi connectivity index (χ0v) is 11.5. The van der Waals surface area contributed by atoms with Crippen molar-refractivity contribution in [1.82, 2.24) is 10.3 Å². The molecule has 1 unspecified atom stereocenters. The summed E-state index contributed by atoms with van der Waals surface area (Å²) in [6.45, 7) is 0.598. The number of para-hydroxylation sites is 1. The number of ether oxygens (including phenoxy) is 1. The number of hydrogen-bond donors (Lipinski definition) is 1. The van der Waals surface area contributed by atoms with Crippen LogP contribution in [0.3, 0.4) is 0 Å². The second-order valence-electron chi connectivity index (χ2n) is 3.84. The molecule has 1 aromatic carbocycles. The largest absolute Gasteiger partial charge is 0.383 e. The van der Waals surface area contributed by atoms with Crippen molar-refractivity contribution in [2.24, 2.45) is 0 Å². The van der Waals surface area contributed by atoms with Crippen molar-refractivity contribution in [2.75, 3.05) is 20.8 Å². The van der Waals surface area contributed by atoms with E-state index in [-0.39, 0.29) is 6.04 Å². The fourth-order valence-electron chi connectivity index (χ4n) is 1.82. The van der Waals surface area contributed by atoms with Gasteiger partial charge in [-0.05, 0) is 35.1 Å². The number of pyridine rings is 1. The third-order valence-electron chi connectivity index (χ3n) is 2.72. The lowest BCUT2D eigenvalue weighted by molar-refractivity contribution is 0.168. The van der Waals surface area contributed by atoms with Crippen LogP contribution in [-0.2, 0) is 4.74 Å². The molecule has 1 atom stereocenters. The highest BCUT2D eigenvalue weighted by atomic mass is 79.9. The summed E-state index contributed by atoms with van der Waals surface area (Å²) in [4.78, 5) is 4.68. The molecule has 2 rings (SSSR count). The molecule has 17 heavy (non-hydrogen) atoms. The monoisotopic (exact) mass is 294 g/mol. The van der Waals surface area contributed by atoms with Crippen LogP contribution < -0.4 is 5.32 Å². The van der Waals surface area contributed by atoms with Crippen molar-refractivity contribution in [2.45, 2.75) is 6.04 Å². The molecule has 0 aliphatic rings. The van der Waals surface area contributed by atoms with Crippen molar-refractivity contribution < 1.29 is 4.74 Å². The molecule has 1 N–H and O–H groups in total. The molecular formula is C13H15BrN2O. The van der Waals surface area contributed by atoms with Crippen LogP contribution in [0, 0.1) is 0 Å². The van der Waals surface area contributed by atoms with Crippen LogP contribution in [0.4, 0.5) is 0 Å². The highest BCUT2D eigenvalue weighted by molar-refractivity contribution is 9.10. The van der Waals surface area contributed by atoms with E-state index in [1.165, 1.54) is 0 Å². The first-order chi connectivity index (χ1) is 8.26. The van der Waals surface area contributed by atoms with Gasteiger partial charge in [-0.2, -0.15) is 0 Å². The summed E-state index contributed by atoms with van der Waals surface area (Å²) in [5.41, 5.74) is 1.98. The third-order valence-corrected chi connectivity index (χ3v) is 3.35. The summed E-state index contributed by atoms with van der Waals surface area (Å²) >= 11 is 3.57. The minimum Gasteiger partial charge on any atom is -0.383 e. The molecule has 0 aliphatic carbocycles. The van der Waals surface area contributed by atoms with Gasteiger partial charge < -0.3 is 10.1 Å². The highest BCUT2D eigenvalue weighted by Gasteiger charge is 2.14. The first kappa shape index (κ1) is 12.5. The number of nitrogens with zero attached hydrogens (tertiary/aromatic N) is 1. The Morgan fingerprint density at radius 2 is 2.18 bits per heavy atom. The number of benzene rings is 1. The lowest BCUT2D eigenvalue weighted by Gasteiger charge is -2.16. The van der Waals surface area contributed by atoms with Crippen molar-refractivity contribution in [3.8, 4) is 0 Å². The molecule has 90 valence electrons. The van der Waals surface area contributed by atoms with Crippen LogP contribution in [-0.4, -0.2) is 25.7 Å². The number of halogens is 1. The topological polar surface area (TPSA) is 34.1 Å². The third kappa shape index (κ3) is 2.65. The molecule has 2 aromatic rings. The molecule has 0 amide bonds. The van der Waals surface area contributed by atoms with Crippen molar-refractivity contribution in [3.63, 3.8) is 0 Å². The number of nitrogens with one attached hydrogen (secondary N) is 1. The van der Waals surface area contributed by atoms with Crippen LogP contribution in [0.2, 0.25) is 0 Å². The minimum absolute atomic E-state index is 0.0963. The van der Waals surface area contributed by atoms with E-state index in [0.29, 0.717) is 6.61 Å². The Hall–Kier alpha value is -0.970. The second kappa shape index (κ2) is 5.58. The average molecular weight is 295 g/mol. The van der Waals surface area contributed by atoms with Crippen LogP contribution in [0.25, 0.3) is 10.9 Å². The van der Waals surface area contributed by atoms with E-state index in [9.17, 15) is 0 Å². The van der Waals surface area contributed by atoms with E-state index in [2.05, 4.69) is 38.4 Å². The Morgan fingerprint density at radius 3 is 2.88 bits per heavy atom. The van der Waals surface area contributed by atoms with Crippen molar-refractivity contribution >= 4 is 26.8 Å². The molecule has 0 spiro atoms. The van der Waals surface area contributed by atoms with Crippen molar-refractivity contribution in [1.29, 1.82) is 0 Å². The van der Waals surface area contributed by atoms with Gasteiger partial charge in [-0.3, -0.25) is 0 Å². The zero-order valence-electron chi connectivity index (χ0n) is 9.90. The van der Waals surface area contributed by atoms with Gasteiger partial charge in [0.05, 0.1) is 23.9 Å². The molecule has 0 saturated carbocycles. The molecule has 4 heteroatoms. The van der Waals surface area contributed by atoms with Gasteiger partial charge in [0, 0.05) is 17.0 Å². The van der Waals surface area contributed by atoms with Gasteiger partial charge in [-0.25, -0.2) is 4.98 Å². The van der Waals surface area contributed by atoms with Gasteiger partial charge in [-0.1, -0.05) is 18.2 Å². The number of methoxy groups -OCH3 is 1. The molecule has 0 saturated heterocycles. The summed E-state index contributed by atoms with van der Waals surface area (Å²) in [6.07, 6.45) is 0. The van der Waals surface area contributed by atoms with Gasteiger partial charge in [0.25, 0.3) is 0 Å². The summed E-state index contributed by atoms with van der Waals surface area (Å²) in [7, 11) is 3.60. The maximum absolute atomic E-state index is 5.19. The number of rotatable bonds is 4. The van der Waals surface area contributed by atoms with Crippen LogP contribution in [0.1, 0.15) is 11.7 Å². The Morgan fingerprint density at radius 1 is 1.41 bits per heavy atom. The smallest absolute Gasteiger partial charge is 0.0746 e. The Labute approximate surface area is 109 Å². The Balaban J connectivity index is 2.49. The van der Waals surface area contributed by atoms with E-state index in [1.807, 2.05) is 25.2 Å². The Kier molecular flexibility index (Phi) is 4.10. The van der Waals surface area contributed by atoms with Gasteiger partial charge in [-0.15, -0.1) is 0 Å². The van der Waals surface area contributed by atoms with Gasteiger partial charge in [0.1, 0.15) is 0 Å². The van der Waals surface area contributed by atoms with Gasteiger partial charge >= 0.3 is 0 Å². The molecular weight excluding hydrogens is 280 g/mol. The van der Waals surface area contributed by atoms with Gasteiger partial charge in [0.15, 0.2) is 0 Å². The molecule has 0 radical (unpaired) electrons. The fourth-order valence-corrected chi connectivity index (χ4v) is 2.43. The summed E-state index contributed by atoms with van der Waals surface area (Å²) < 4.78 is 6.20. The maximum atomic E-state index is 5.19. The molecule has 0 fully saturated rings. The molecule has 0 bridgehead atoms. The average Bonchev–Trinajstić information content (AvgIpc) is 2.35. The first-order valence-corrected chi connectivity index (χ1v) is 6.27. The highest BCUT2D eigenvalue weighted by Crippen LogP contribution is 2.25. The molecule has 3 nitrogen and oxygen atoms in total. The minimum atomic E-state index is 0.0963. The SMILES string of the molecule is CNC(COC)c1nc2ccccc2cc1Br. The Bertz CT molecular complexity index is 516. The van der Waals surface area contributed by atoms with Crippen LogP contribution in [0.5, 0.6) is 0 Å². The standard InChI is InChI=1S/C13H15BrN2O/c1-15-12(8-17-2)13-10(14)7-9-5-3-4-6-11(9)16-13/h3-7,12,15H,8H2,1-2H3. The van der Waals surface area contributed by atoms with E-state index in [1.54, 1.807) is 7.11 Å². The van der Waals surface area contributed by atoms with E-state index >= 15 is 0 Å². The van der Waals surface area contributed by atoms with E-state index < -0.39 is 0 Å². The quantitative estimate of drug-likeness (QED) is 0.941. The lowest BCUT2D eigenvalue weighted by Crippen LogP contribution is -2.22. The van der Waals surface area contributed by atoms with E-state index in [4.69, 9.17) is 4.74 Å². The van der Waals surface area contributed by atoms with E-state index in [0.717, 1.165) is 21.1 Å². The maximum Gasteiger partial charge on any atom is 0.0746 e. The predicted octanol–water partition coefficient (Wildman–Crippen LogP) is 2.90. The predicted molar refractivity (Wildman–Crippen MR) is 73.1 cm³/mol. The van der Waals surface area contributed by atoms with Crippen molar-refractivity contribution in [3.05, 3.63) is 40.5 Å². The number of likely N-dealkylation sites (N-methyl/N-ethyl adjacent to an activating group) is 1. The summed E-state index contributed by atoms with van der Waals surface area (Å²) in [5, 5.41) is 4.34. The normalized spacial score (nSPS) is 12.9. The van der Waals surface area contributed by atoms with Crippen LogP contribution in [0.15, 0.2) is 34.8 Å².